The van der Waals surface area contributed by atoms with Gasteiger partial charge in [-0.1, -0.05) is 13.0 Å². The Kier molecular flexibility index (Phi) is 6.53. The van der Waals surface area contributed by atoms with Crippen LogP contribution in [0.2, 0.25) is 0 Å². The van der Waals surface area contributed by atoms with Crippen LogP contribution in [-0.2, 0) is 10.0 Å². The molecule has 1 aromatic carbocycles. The Morgan fingerprint density at radius 2 is 1.90 bits per heavy atom. The molecule has 0 bridgehead atoms. The zero-order valence-electron chi connectivity index (χ0n) is 16.5. The molecule has 2 heterocycles. The minimum absolute atomic E-state index is 0.0197. The first-order valence-corrected chi connectivity index (χ1v) is 11.1. The molecule has 0 unspecified atom stereocenters. The summed E-state index contributed by atoms with van der Waals surface area (Å²) in [4.78, 5) is 24.9. The first-order chi connectivity index (χ1) is 13.9. The van der Waals surface area contributed by atoms with E-state index >= 15 is 0 Å². The molecule has 10 heteroatoms. The van der Waals surface area contributed by atoms with Crippen LogP contribution in [0.15, 0.2) is 36.7 Å². The molecule has 3 rings (SSSR count). The maximum atomic E-state index is 12.8. The minimum atomic E-state index is -3.47. The highest BCUT2D eigenvalue weighted by molar-refractivity contribution is 7.92. The van der Waals surface area contributed by atoms with Crippen LogP contribution in [0.1, 0.15) is 23.7 Å². The summed E-state index contributed by atoms with van der Waals surface area (Å²) in [5.74, 6) is 1.28. The lowest BCUT2D eigenvalue weighted by atomic mass is 10.1. The van der Waals surface area contributed by atoms with Gasteiger partial charge in [-0.25, -0.2) is 18.4 Å². The molecule has 1 aliphatic rings. The lowest BCUT2D eigenvalue weighted by Gasteiger charge is -2.35. The monoisotopic (exact) mass is 419 g/mol. The van der Waals surface area contributed by atoms with Crippen molar-refractivity contribution in [2.75, 3.05) is 48.7 Å². The van der Waals surface area contributed by atoms with E-state index in [9.17, 15) is 13.2 Å². The highest BCUT2D eigenvalue weighted by Crippen LogP contribution is 2.23. The number of rotatable bonds is 7. The quantitative estimate of drug-likeness (QED) is 0.727. The molecule has 0 spiro atoms. The highest BCUT2D eigenvalue weighted by atomic mass is 32.2. The number of amides is 1. The van der Waals surface area contributed by atoms with E-state index in [-0.39, 0.29) is 17.5 Å². The second kappa shape index (κ2) is 9.08. The third-order valence-corrected chi connectivity index (χ3v) is 6.04. The molecule has 2 aromatic rings. The predicted molar refractivity (Wildman–Crippen MR) is 111 cm³/mol. The largest absolute Gasteiger partial charge is 0.497 e. The average Bonchev–Trinajstić information content (AvgIpc) is 2.73. The maximum absolute atomic E-state index is 12.8. The second-order valence-corrected chi connectivity index (χ2v) is 8.50. The standard InChI is InChI=1S/C19H25N5O4S/c1-3-13-29(26,27)22-17-18(21-8-7-20-17)23-9-11-24(12-10-23)19(25)15-5-4-6-16(14-15)28-2/h4-8,14H,3,9-13H2,1-2H3,(H,20,22). The smallest absolute Gasteiger partial charge is 0.254 e. The molecule has 29 heavy (non-hydrogen) atoms. The van der Waals surface area contributed by atoms with E-state index in [1.54, 1.807) is 43.2 Å². The van der Waals surface area contributed by atoms with E-state index in [0.29, 0.717) is 49.7 Å². The number of benzene rings is 1. The van der Waals surface area contributed by atoms with Gasteiger partial charge in [-0.05, 0) is 24.6 Å². The molecule has 0 atom stereocenters. The van der Waals surface area contributed by atoms with Crippen LogP contribution in [0.4, 0.5) is 11.6 Å². The summed E-state index contributed by atoms with van der Waals surface area (Å²) in [7, 11) is -1.90. The van der Waals surface area contributed by atoms with Gasteiger partial charge in [0.25, 0.3) is 5.91 Å². The van der Waals surface area contributed by atoms with E-state index in [2.05, 4.69) is 14.7 Å². The van der Waals surface area contributed by atoms with Crippen molar-refractivity contribution in [3.63, 3.8) is 0 Å². The van der Waals surface area contributed by atoms with Gasteiger partial charge in [-0.2, -0.15) is 0 Å². The topological polar surface area (TPSA) is 105 Å². The molecule has 156 valence electrons. The number of hydrogen-bond donors (Lipinski definition) is 1. The number of methoxy groups -OCH3 is 1. The van der Waals surface area contributed by atoms with E-state index in [1.165, 1.54) is 12.4 Å². The minimum Gasteiger partial charge on any atom is -0.497 e. The third-order valence-electron chi connectivity index (χ3n) is 4.59. The summed E-state index contributed by atoms with van der Waals surface area (Å²) in [6.07, 6.45) is 3.49. The molecule has 1 fully saturated rings. The number of anilines is 2. The molecule has 0 aliphatic carbocycles. The van der Waals surface area contributed by atoms with E-state index in [0.717, 1.165) is 0 Å². The summed E-state index contributed by atoms with van der Waals surface area (Å²) in [5, 5.41) is 0. The zero-order chi connectivity index (χ0) is 20.9. The lowest BCUT2D eigenvalue weighted by molar-refractivity contribution is 0.0746. The summed E-state index contributed by atoms with van der Waals surface area (Å²) < 4.78 is 32.0. The number of nitrogens with zero attached hydrogens (tertiary/aromatic N) is 4. The van der Waals surface area contributed by atoms with Crippen LogP contribution < -0.4 is 14.4 Å². The highest BCUT2D eigenvalue weighted by Gasteiger charge is 2.25. The summed E-state index contributed by atoms with van der Waals surface area (Å²) in [6, 6.07) is 7.07. The Hall–Kier alpha value is -2.88. The fourth-order valence-electron chi connectivity index (χ4n) is 3.16. The third kappa shape index (κ3) is 5.14. The average molecular weight is 420 g/mol. The Morgan fingerprint density at radius 3 is 2.59 bits per heavy atom. The van der Waals surface area contributed by atoms with E-state index < -0.39 is 10.0 Å². The van der Waals surface area contributed by atoms with Crippen LogP contribution in [0.5, 0.6) is 5.75 Å². The Balaban J connectivity index is 1.69. The van der Waals surface area contributed by atoms with Crippen molar-refractivity contribution in [2.24, 2.45) is 0 Å². The molecule has 1 saturated heterocycles. The maximum Gasteiger partial charge on any atom is 0.254 e. The van der Waals surface area contributed by atoms with Crippen molar-refractivity contribution < 1.29 is 17.9 Å². The van der Waals surface area contributed by atoms with Gasteiger partial charge in [0.05, 0.1) is 12.9 Å². The number of hydrogen-bond acceptors (Lipinski definition) is 7. The first-order valence-electron chi connectivity index (χ1n) is 9.43. The van der Waals surface area contributed by atoms with Crippen LogP contribution >= 0.6 is 0 Å². The first kappa shape index (κ1) is 20.8. The van der Waals surface area contributed by atoms with Gasteiger partial charge in [0.1, 0.15) is 5.75 Å². The second-order valence-electron chi connectivity index (χ2n) is 6.66. The number of sulfonamides is 1. The van der Waals surface area contributed by atoms with E-state index in [1.807, 2.05) is 4.90 Å². The van der Waals surface area contributed by atoms with Gasteiger partial charge in [0.15, 0.2) is 11.6 Å². The molecule has 1 amide bonds. The molecule has 0 radical (unpaired) electrons. The van der Waals surface area contributed by atoms with Gasteiger partial charge in [0, 0.05) is 44.1 Å². The van der Waals surface area contributed by atoms with Crippen molar-refractivity contribution in [2.45, 2.75) is 13.3 Å². The SMILES string of the molecule is CCCS(=O)(=O)Nc1nccnc1N1CCN(C(=O)c2cccc(OC)c2)CC1. The fourth-order valence-corrected chi connectivity index (χ4v) is 4.24. The fraction of sp³-hybridized carbons (Fsp3) is 0.421. The Bertz CT molecular complexity index is 959. The normalized spacial score (nSPS) is 14.6. The molecular weight excluding hydrogens is 394 g/mol. The van der Waals surface area contributed by atoms with Crippen LogP contribution in [0.25, 0.3) is 0 Å². The Morgan fingerprint density at radius 1 is 1.17 bits per heavy atom. The van der Waals surface area contributed by atoms with Gasteiger partial charge < -0.3 is 14.5 Å². The molecule has 1 aliphatic heterocycles. The summed E-state index contributed by atoms with van der Waals surface area (Å²) in [6.45, 7) is 3.84. The predicted octanol–water partition coefficient (Wildman–Crippen LogP) is 1.60. The van der Waals surface area contributed by atoms with Crippen LogP contribution in [0.3, 0.4) is 0 Å². The number of ether oxygens (including phenoxy) is 1. The van der Waals surface area contributed by atoms with Gasteiger partial charge >= 0.3 is 0 Å². The van der Waals surface area contributed by atoms with Gasteiger partial charge in [0.2, 0.25) is 10.0 Å². The molecule has 1 N–H and O–H groups in total. The lowest BCUT2D eigenvalue weighted by Crippen LogP contribution is -2.49. The summed E-state index contributed by atoms with van der Waals surface area (Å²) in [5.41, 5.74) is 0.574. The van der Waals surface area contributed by atoms with E-state index in [4.69, 9.17) is 4.74 Å². The zero-order valence-corrected chi connectivity index (χ0v) is 17.4. The Labute approximate surface area is 170 Å². The molecule has 9 nitrogen and oxygen atoms in total. The molecular formula is C19H25N5O4S. The number of carbonyl (C=O) groups is 1. The molecule has 1 aromatic heterocycles. The van der Waals surface area contributed by atoms with Crippen LogP contribution in [-0.4, -0.2) is 68.2 Å². The van der Waals surface area contributed by atoms with Crippen molar-refractivity contribution in [3.8, 4) is 5.75 Å². The van der Waals surface area contributed by atoms with Crippen molar-refractivity contribution in [3.05, 3.63) is 42.2 Å². The number of nitrogens with one attached hydrogen (secondary N) is 1. The van der Waals surface area contributed by atoms with Crippen molar-refractivity contribution in [1.82, 2.24) is 14.9 Å². The van der Waals surface area contributed by atoms with Crippen LogP contribution in [0, 0.1) is 0 Å². The number of aromatic nitrogens is 2. The van der Waals surface area contributed by atoms with Crippen molar-refractivity contribution in [1.29, 1.82) is 0 Å². The summed E-state index contributed by atoms with van der Waals surface area (Å²) >= 11 is 0. The number of piperazine rings is 1. The number of carbonyl (C=O) groups excluding carboxylic acids is 1. The molecule has 0 saturated carbocycles. The van der Waals surface area contributed by atoms with Gasteiger partial charge in [-0.15, -0.1) is 0 Å². The van der Waals surface area contributed by atoms with Gasteiger partial charge in [-0.3, -0.25) is 9.52 Å². The van der Waals surface area contributed by atoms with Crippen molar-refractivity contribution >= 4 is 27.6 Å².